The Morgan fingerprint density at radius 2 is 1.93 bits per heavy atom. The minimum atomic E-state index is -0.249. The molecule has 0 aromatic heterocycles. The molecule has 0 radical (unpaired) electrons. The van der Waals surface area contributed by atoms with Crippen molar-refractivity contribution < 1.29 is 14.0 Å². The van der Waals surface area contributed by atoms with Gasteiger partial charge in [-0.1, -0.05) is 12.1 Å². The molecule has 2 heterocycles. The summed E-state index contributed by atoms with van der Waals surface area (Å²) in [5.74, 6) is 1.54. The maximum absolute atomic E-state index is 13.7. The van der Waals surface area contributed by atoms with Crippen molar-refractivity contribution in [2.24, 2.45) is 0 Å². The van der Waals surface area contributed by atoms with Gasteiger partial charge in [0.05, 0.1) is 6.54 Å². The lowest BCUT2D eigenvalue weighted by atomic mass is 9.93. The van der Waals surface area contributed by atoms with Gasteiger partial charge in [0, 0.05) is 48.4 Å². The highest BCUT2D eigenvalue weighted by atomic mass is 32.2. The molecule has 0 spiro atoms. The molecule has 4 rings (SSSR count). The molecule has 30 heavy (non-hydrogen) atoms. The van der Waals surface area contributed by atoms with E-state index in [9.17, 15) is 14.0 Å². The third-order valence-electron chi connectivity index (χ3n) is 5.81. The largest absolute Gasteiger partial charge is 0.337 e. The summed E-state index contributed by atoms with van der Waals surface area (Å²) in [5.41, 5.74) is 3.30. The first-order valence-corrected chi connectivity index (χ1v) is 11.5. The maximum atomic E-state index is 13.7. The number of halogens is 1. The molecule has 1 fully saturated rings. The fraction of sp³-hybridized carbons (Fsp3) is 0.391. The molecular weight excluding hydrogens is 401 g/mol. The summed E-state index contributed by atoms with van der Waals surface area (Å²) in [7, 11) is 0. The second kappa shape index (κ2) is 9.18. The molecule has 2 amide bonds. The topological polar surface area (TPSA) is 52.7 Å². The Bertz CT molecular complexity index is 946. The smallest absolute Gasteiger partial charge is 0.253 e. The van der Waals surface area contributed by atoms with Gasteiger partial charge in [-0.25, -0.2) is 4.39 Å². The van der Waals surface area contributed by atoms with Crippen molar-refractivity contribution in [1.82, 2.24) is 9.80 Å². The Hall–Kier alpha value is -2.38. The molecule has 1 saturated heterocycles. The minimum absolute atomic E-state index is 0.00897. The SMILES string of the molecule is CC1c2cc(F)ccc2CCN1CC(=O)Nc1cccc(C(=O)N2CCSCC2)c1. The highest BCUT2D eigenvalue weighted by molar-refractivity contribution is 7.99. The van der Waals surface area contributed by atoms with Crippen LogP contribution in [-0.4, -0.2) is 59.3 Å². The molecule has 1 unspecified atom stereocenters. The number of carbonyl (C=O) groups excluding carboxylic acids is 2. The molecular formula is C23H26FN3O2S. The number of anilines is 1. The van der Waals surface area contributed by atoms with Crippen LogP contribution < -0.4 is 5.32 Å². The highest BCUT2D eigenvalue weighted by Gasteiger charge is 2.26. The first-order chi connectivity index (χ1) is 14.5. The van der Waals surface area contributed by atoms with E-state index in [1.54, 1.807) is 30.3 Å². The van der Waals surface area contributed by atoms with E-state index in [0.717, 1.165) is 48.7 Å². The summed E-state index contributed by atoms with van der Waals surface area (Å²) in [6, 6.07) is 12.0. The predicted octanol–water partition coefficient (Wildman–Crippen LogP) is 3.57. The second-order valence-electron chi connectivity index (χ2n) is 7.77. The number of hydrogen-bond donors (Lipinski definition) is 1. The summed E-state index contributed by atoms with van der Waals surface area (Å²) >= 11 is 1.86. The van der Waals surface area contributed by atoms with Gasteiger partial charge in [0.15, 0.2) is 0 Å². The number of carbonyl (C=O) groups is 2. The fourth-order valence-electron chi connectivity index (χ4n) is 4.12. The van der Waals surface area contributed by atoms with Gasteiger partial charge in [-0.15, -0.1) is 0 Å². The molecule has 2 aliphatic heterocycles. The number of nitrogens with zero attached hydrogens (tertiary/aromatic N) is 2. The van der Waals surface area contributed by atoms with Crippen molar-refractivity contribution in [2.45, 2.75) is 19.4 Å². The van der Waals surface area contributed by atoms with Crippen molar-refractivity contribution >= 4 is 29.3 Å². The number of rotatable bonds is 4. The molecule has 2 aliphatic rings. The number of thioether (sulfide) groups is 1. The van der Waals surface area contributed by atoms with E-state index in [-0.39, 0.29) is 30.2 Å². The van der Waals surface area contributed by atoms with Crippen LogP contribution in [0, 0.1) is 5.82 Å². The van der Waals surface area contributed by atoms with Crippen molar-refractivity contribution in [1.29, 1.82) is 0 Å². The van der Waals surface area contributed by atoms with Crippen LogP contribution in [0.5, 0.6) is 0 Å². The highest BCUT2D eigenvalue weighted by Crippen LogP contribution is 2.29. The molecule has 1 atom stereocenters. The first kappa shape index (κ1) is 20.9. The molecule has 1 N–H and O–H groups in total. The minimum Gasteiger partial charge on any atom is -0.337 e. The molecule has 2 aromatic carbocycles. The van der Waals surface area contributed by atoms with Crippen molar-refractivity contribution in [3.63, 3.8) is 0 Å². The van der Waals surface area contributed by atoms with Crippen LogP contribution in [0.4, 0.5) is 10.1 Å². The van der Waals surface area contributed by atoms with E-state index in [1.165, 1.54) is 6.07 Å². The van der Waals surface area contributed by atoms with Gasteiger partial charge in [-0.05, 0) is 54.8 Å². The van der Waals surface area contributed by atoms with Gasteiger partial charge in [0.2, 0.25) is 5.91 Å². The Morgan fingerprint density at radius 3 is 2.73 bits per heavy atom. The summed E-state index contributed by atoms with van der Waals surface area (Å²) in [4.78, 5) is 29.3. The van der Waals surface area contributed by atoms with E-state index < -0.39 is 0 Å². The maximum Gasteiger partial charge on any atom is 0.253 e. The standard InChI is InChI=1S/C23H26FN3O2S/c1-16-21-14-19(24)6-5-17(21)7-8-27(16)15-22(28)25-20-4-2-3-18(13-20)23(29)26-9-11-30-12-10-26/h2-6,13-14,16H,7-12,15H2,1H3,(H,25,28). The van der Waals surface area contributed by atoms with Gasteiger partial charge in [-0.3, -0.25) is 14.5 Å². The third-order valence-corrected chi connectivity index (χ3v) is 6.75. The molecule has 5 nitrogen and oxygen atoms in total. The van der Waals surface area contributed by atoms with Crippen LogP contribution in [0.2, 0.25) is 0 Å². The van der Waals surface area contributed by atoms with E-state index in [1.807, 2.05) is 29.7 Å². The zero-order chi connectivity index (χ0) is 21.1. The fourth-order valence-corrected chi connectivity index (χ4v) is 5.02. The zero-order valence-electron chi connectivity index (χ0n) is 17.1. The Kier molecular flexibility index (Phi) is 6.39. The molecule has 0 aliphatic carbocycles. The molecule has 158 valence electrons. The monoisotopic (exact) mass is 427 g/mol. The zero-order valence-corrected chi connectivity index (χ0v) is 17.9. The van der Waals surface area contributed by atoms with Gasteiger partial charge in [0.25, 0.3) is 5.91 Å². The van der Waals surface area contributed by atoms with E-state index in [4.69, 9.17) is 0 Å². The average molecular weight is 428 g/mol. The molecule has 0 saturated carbocycles. The first-order valence-electron chi connectivity index (χ1n) is 10.3. The van der Waals surface area contributed by atoms with Crippen molar-refractivity contribution in [3.8, 4) is 0 Å². The van der Waals surface area contributed by atoms with E-state index >= 15 is 0 Å². The van der Waals surface area contributed by atoms with Gasteiger partial charge in [0.1, 0.15) is 5.82 Å². The Balaban J connectivity index is 1.39. The molecule has 7 heteroatoms. The van der Waals surface area contributed by atoms with Crippen LogP contribution in [0.15, 0.2) is 42.5 Å². The number of benzene rings is 2. The summed E-state index contributed by atoms with van der Waals surface area (Å²) in [5, 5.41) is 2.91. The summed E-state index contributed by atoms with van der Waals surface area (Å²) in [6.07, 6.45) is 0.797. The number of hydrogen-bond acceptors (Lipinski definition) is 4. The average Bonchev–Trinajstić information content (AvgIpc) is 2.76. The lowest BCUT2D eigenvalue weighted by Gasteiger charge is -2.34. The summed E-state index contributed by atoms with van der Waals surface area (Å²) in [6.45, 7) is 4.49. The van der Waals surface area contributed by atoms with Crippen LogP contribution in [0.3, 0.4) is 0 Å². The molecule has 2 aromatic rings. The van der Waals surface area contributed by atoms with Crippen molar-refractivity contribution in [2.75, 3.05) is 43.0 Å². The Labute approximate surface area is 180 Å². The van der Waals surface area contributed by atoms with Crippen LogP contribution in [-0.2, 0) is 11.2 Å². The quantitative estimate of drug-likeness (QED) is 0.811. The Morgan fingerprint density at radius 1 is 1.13 bits per heavy atom. The normalized spacial score (nSPS) is 19.3. The van der Waals surface area contributed by atoms with Gasteiger partial charge < -0.3 is 10.2 Å². The van der Waals surface area contributed by atoms with E-state index in [2.05, 4.69) is 10.2 Å². The lowest BCUT2D eigenvalue weighted by molar-refractivity contribution is -0.117. The lowest BCUT2D eigenvalue weighted by Crippen LogP contribution is -2.39. The number of amides is 2. The predicted molar refractivity (Wildman–Crippen MR) is 118 cm³/mol. The van der Waals surface area contributed by atoms with Gasteiger partial charge in [-0.2, -0.15) is 11.8 Å². The van der Waals surface area contributed by atoms with Crippen LogP contribution >= 0.6 is 11.8 Å². The summed E-state index contributed by atoms with van der Waals surface area (Å²) < 4.78 is 13.7. The number of nitrogens with one attached hydrogen (secondary N) is 1. The van der Waals surface area contributed by atoms with E-state index in [0.29, 0.717) is 11.3 Å². The number of fused-ring (bicyclic) bond motifs is 1. The third kappa shape index (κ3) is 4.68. The second-order valence-corrected chi connectivity index (χ2v) is 9.00. The van der Waals surface area contributed by atoms with Crippen LogP contribution in [0.1, 0.15) is 34.5 Å². The van der Waals surface area contributed by atoms with Gasteiger partial charge >= 0.3 is 0 Å². The van der Waals surface area contributed by atoms with Crippen LogP contribution in [0.25, 0.3) is 0 Å². The van der Waals surface area contributed by atoms with Crippen molar-refractivity contribution in [3.05, 3.63) is 65.0 Å². The molecule has 0 bridgehead atoms.